The van der Waals surface area contributed by atoms with Crippen molar-refractivity contribution in [1.82, 2.24) is 14.8 Å². The number of carbonyl (C=O) groups is 3. The Hall–Kier alpha value is -4.51. The van der Waals surface area contributed by atoms with Gasteiger partial charge in [0.05, 0.1) is 11.4 Å². The summed E-state index contributed by atoms with van der Waals surface area (Å²) in [5, 5.41) is 8.26. The Bertz CT molecular complexity index is 1390. The van der Waals surface area contributed by atoms with E-state index in [9.17, 15) is 18.8 Å². The van der Waals surface area contributed by atoms with Gasteiger partial charge in [0.25, 0.3) is 5.91 Å². The number of nitrogens with zero attached hydrogens (tertiary/aromatic N) is 3. The molecule has 0 unspecified atom stereocenters. The molecule has 0 spiro atoms. The Morgan fingerprint density at radius 2 is 1.62 bits per heavy atom. The lowest BCUT2D eigenvalue weighted by molar-refractivity contribution is 0.0635. The van der Waals surface area contributed by atoms with Crippen LogP contribution in [0.1, 0.15) is 48.8 Å². The van der Waals surface area contributed by atoms with Crippen molar-refractivity contribution in [3.8, 4) is 0 Å². The Labute approximate surface area is 246 Å². The second-order valence-corrected chi connectivity index (χ2v) is 11.2. The maximum Gasteiger partial charge on any atom is 0.412 e. The van der Waals surface area contributed by atoms with Gasteiger partial charge < -0.3 is 25.2 Å². The summed E-state index contributed by atoms with van der Waals surface area (Å²) in [6, 6.07) is 14.2. The number of hydrogen-bond acceptors (Lipinski definition) is 6. The fourth-order valence-corrected chi connectivity index (χ4v) is 3.93. The van der Waals surface area contributed by atoms with E-state index in [1.54, 1.807) is 81.3 Å². The fourth-order valence-electron chi connectivity index (χ4n) is 3.93. The Balaban J connectivity index is 1.68. The van der Waals surface area contributed by atoms with Crippen LogP contribution in [0.3, 0.4) is 0 Å². The van der Waals surface area contributed by atoms with E-state index in [0.29, 0.717) is 29.2 Å². The maximum atomic E-state index is 13.7. The highest BCUT2D eigenvalue weighted by molar-refractivity contribution is 6.05. The summed E-state index contributed by atoms with van der Waals surface area (Å²) in [6.45, 7) is 8.46. The van der Waals surface area contributed by atoms with E-state index in [0.717, 1.165) is 18.5 Å². The number of aromatic nitrogens is 1. The van der Waals surface area contributed by atoms with E-state index >= 15 is 0 Å². The third-order valence-electron chi connectivity index (χ3n) is 5.97. The molecule has 1 aromatic heterocycles. The number of rotatable bonds is 10. The zero-order chi connectivity index (χ0) is 30.9. The van der Waals surface area contributed by atoms with Crippen LogP contribution in [0, 0.1) is 12.7 Å². The zero-order valence-corrected chi connectivity index (χ0v) is 25.0. The second-order valence-electron chi connectivity index (χ2n) is 11.2. The zero-order valence-electron chi connectivity index (χ0n) is 25.0. The van der Waals surface area contributed by atoms with Crippen LogP contribution in [0.2, 0.25) is 0 Å². The summed E-state index contributed by atoms with van der Waals surface area (Å²) in [5.41, 5.74) is 1.93. The van der Waals surface area contributed by atoms with Gasteiger partial charge in [-0.1, -0.05) is 18.2 Å². The third kappa shape index (κ3) is 10.2. The first-order valence-corrected chi connectivity index (χ1v) is 13.6. The minimum Gasteiger partial charge on any atom is -0.444 e. The molecule has 2 aromatic carbocycles. The van der Waals surface area contributed by atoms with Gasteiger partial charge in [0.2, 0.25) is 0 Å². The molecule has 10 nitrogen and oxygen atoms in total. The largest absolute Gasteiger partial charge is 0.444 e. The van der Waals surface area contributed by atoms with E-state index in [1.807, 2.05) is 19.0 Å². The van der Waals surface area contributed by atoms with Crippen molar-refractivity contribution < 1.29 is 23.5 Å². The molecule has 0 aliphatic heterocycles. The van der Waals surface area contributed by atoms with Crippen LogP contribution < -0.4 is 16.0 Å². The fraction of sp³-hybridized carbons (Fsp3) is 0.355. The van der Waals surface area contributed by atoms with Crippen molar-refractivity contribution in [1.29, 1.82) is 0 Å². The lowest BCUT2D eigenvalue weighted by Gasteiger charge is -2.24. The van der Waals surface area contributed by atoms with Crippen LogP contribution in [-0.4, -0.2) is 65.6 Å². The molecule has 0 atom stereocenters. The first kappa shape index (κ1) is 32.0. The van der Waals surface area contributed by atoms with Gasteiger partial charge in [-0.05, 0) is 102 Å². The normalized spacial score (nSPS) is 11.1. The summed E-state index contributed by atoms with van der Waals surface area (Å²) in [5.74, 6) is -0.805. The minimum atomic E-state index is -0.670. The summed E-state index contributed by atoms with van der Waals surface area (Å²) in [7, 11) is 3.93. The van der Waals surface area contributed by atoms with Crippen LogP contribution in [-0.2, 0) is 11.3 Å². The van der Waals surface area contributed by atoms with Crippen molar-refractivity contribution in [2.75, 3.05) is 43.1 Å². The van der Waals surface area contributed by atoms with E-state index < -0.39 is 17.6 Å². The molecule has 1 heterocycles. The molecule has 42 heavy (non-hydrogen) atoms. The van der Waals surface area contributed by atoms with Crippen LogP contribution in [0.15, 0.2) is 60.8 Å². The lowest BCUT2D eigenvalue weighted by atomic mass is 10.2. The summed E-state index contributed by atoms with van der Waals surface area (Å²) in [6.07, 6.45) is 1.65. The van der Waals surface area contributed by atoms with Crippen molar-refractivity contribution in [2.45, 2.75) is 46.3 Å². The Kier molecular flexibility index (Phi) is 11.0. The second kappa shape index (κ2) is 14.4. The van der Waals surface area contributed by atoms with Gasteiger partial charge in [-0.2, -0.15) is 0 Å². The number of halogens is 1. The SMILES string of the molecule is Cc1cc(NC(=O)N(CCCN(C)C)Cc2ccc(C(=O)Nc3ccccc3NC(=O)OC(C)(C)C)nc2)ccc1F. The molecule has 0 saturated heterocycles. The van der Waals surface area contributed by atoms with Gasteiger partial charge in [-0.15, -0.1) is 0 Å². The van der Waals surface area contributed by atoms with E-state index in [4.69, 9.17) is 4.74 Å². The highest BCUT2D eigenvalue weighted by Gasteiger charge is 2.19. The van der Waals surface area contributed by atoms with Gasteiger partial charge in [0, 0.05) is 25.0 Å². The van der Waals surface area contributed by atoms with Crippen molar-refractivity contribution in [3.05, 3.63) is 83.4 Å². The number of aryl methyl sites for hydroxylation is 1. The van der Waals surface area contributed by atoms with E-state index in [2.05, 4.69) is 20.9 Å². The molecule has 0 aliphatic rings. The van der Waals surface area contributed by atoms with Gasteiger partial charge in [0.1, 0.15) is 17.1 Å². The third-order valence-corrected chi connectivity index (χ3v) is 5.97. The first-order chi connectivity index (χ1) is 19.8. The predicted octanol–water partition coefficient (Wildman–Crippen LogP) is 6.11. The topological polar surface area (TPSA) is 116 Å². The maximum absolute atomic E-state index is 13.7. The average molecular weight is 579 g/mol. The highest BCUT2D eigenvalue weighted by atomic mass is 19.1. The van der Waals surface area contributed by atoms with Crippen LogP contribution in [0.5, 0.6) is 0 Å². The number of ether oxygens (including phenoxy) is 1. The molecule has 3 N–H and O–H groups in total. The van der Waals surface area contributed by atoms with Crippen LogP contribution in [0.25, 0.3) is 0 Å². The molecule has 0 radical (unpaired) electrons. The van der Waals surface area contributed by atoms with Crippen LogP contribution >= 0.6 is 0 Å². The number of hydrogen-bond donors (Lipinski definition) is 3. The predicted molar refractivity (Wildman–Crippen MR) is 162 cm³/mol. The number of para-hydroxylation sites is 2. The molecular formula is C31H39FN6O4. The van der Waals surface area contributed by atoms with Crippen molar-refractivity contribution >= 4 is 35.1 Å². The molecule has 0 aliphatic carbocycles. The molecule has 0 bridgehead atoms. The summed E-state index contributed by atoms with van der Waals surface area (Å²) >= 11 is 0. The number of carbonyl (C=O) groups excluding carboxylic acids is 3. The molecular weight excluding hydrogens is 539 g/mol. The number of nitrogens with one attached hydrogen (secondary N) is 3. The molecule has 11 heteroatoms. The smallest absolute Gasteiger partial charge is 0.412 e. The summed E-state index contributed by atoms with van der Waals surface area (Å²) < 4.78 is 19.0. The minimum absolute atomic E-state index is 0.163. The number of urea groups is 1. The van der Waals surface area contributed by atoms with Crippen LogP contribution in [0.4, 0.5) is 31.0 Å². The lowest BCUT2D eigenvalue weighted by Crippen LogP contribution is -2.36. The van der Waals surface area contributed by atoms with E-state index in [1.165, 1.54) is 12.1 Å². The van der Waals surface area contributed by atoms with Gasteiger partial charge in [0.15, 0.2) is 0 Å². The Morgan fingerprint density at radius 1 is 0.929 bits per heavy atom. The van der Waals surface area contributed by atoms with Crippen molar-refractivity contribution in [2.24, 2.45) is 0 Å². The number of anilines is 3. The molecule has 0 fully saturated rings. The average Bonchev–Trinajstić information content (AvgIpc) is 2.90. The molecule has 4 amide bonds. The molecule has 0 saturated carbocycles. The molecule has 3 aromatic rings. The monoisotopic (exact) mass is 578 g/mol. The van der Waals surface area contributed by atoms with Crippen molar-refractivity contribution in [3.63, 3.8) is 0 Å². The summed E-state index contributed by atoms with van der Waals surface area (Å²) in [4.78, 5) is 46.3. The van der Waals surface area contributed by atoms with Gasteiger partial charge in [-0.3, -0.25) is 15.1 Å². The highest BCUT2D eigenvalue weighted by Crippen LogP contribution is 2.23. The number of pyridine rings is 1. The Morgan fingerprint density at radius 3 is 2.21 bits per heavy atom. The van der Waals surface area contributed by atoms with Gasteiger partial charge >= 0.3 is 12.1 Å². The quantitative estimate of drug-likeness (QED) is 0.267. The number of benzene rings is 2. The van der Waals surface area contributed by atoms with Gasteiger partial charge in [-0.25, -0.2) is 14.0 Å². The van der Waals surface area contributed by atoms with E-state index in [-0.39, 0.29) is 24.1 Å². The molecule has 224 valence electrons. The standard InChI is InChI=1S/C31H39FN6O4/c1-21-18-23(13-14-24(21)32)34-29(40)38(17-9-16-37(5)6)20-22-12-15-27(33-19-22)28(39)35-25-10-7-8-11-26(25)36-30(41)42-31(2,3)4/h7-8,10-15,18-19H,9,16-17,20H2,1-6H3,(H,34,40)(H,35,39)(H,36,41). The first-order valence-electron chi connectivity index (χ1n) is 13.6. The number of amides is 4. The molecule has 3 rings (SSSR count).